The summed E-state index contributed by atoms with van der Waals surface area (Å²) in [5.41, 5.74) is 8.87. The van der Waals surface area contributed by atoms with E-state index < -0.39 is 17.9 Å². The lowest BCUT2D eigenvalue weighted by Gasteiger charge is -2.24. The molecule has 3 amide bonds. The molecule has 0 aromatic heterocycles. The zero-order chi connectivity index (χ0) is 25.4. The van der Waals surface area contributed by atoms with Gasteiger partial charge in [-0.15, -0.1) is 0 Å². The Morgan fingerprint density at radius 2 is 2.06 bits per heavy atom. The number of carbonyl (C=O) groups excluding carboxylic acids is 3. The van der Waals surface area contributed by atoms with Gasteiger partial charge in [0.05, 0.1) is 5.69 Å². The molecule has 35 heavy (non-hydrogen) atoms. The molecule has 186 valence electrons. The van der Waals surface area contributed by atoms with E-state index in [4.69, 9.17) is 21.2 Å². The third kappa shape index (κ3) is 6.68. The van der Waals surface area contributed by atoms with Gasteiger partial charge in [0, 0.05) is 18.5 Å². The Labute approximate surface area is 201 Å². The summed E-state index contributed by atoms with van der Waals surface area (Å²) < 4.78 is 19.2. The van der Waals surface area contributed by atoms with Crippen LogP contribution in [0.2, 0.25) is 0 Å². The molecule has 0 radical (unpaired) electrons. The number of hydrogen-bond donors (Lipinski definition) is 5. The Kier molecular flexibility index (Phi) is 8.59. The Morgan fingerprint density at radius 1 is 1.31 bits per heavy atom. The summed E-state index contributed by atoms with van der Waals surface area (Å²) in [6.07, 6.45) is 5.94. The van der Waals surface area contributed by atoms with Gasteiger partial charge in [-0.2, -0.15) is 0 Å². The van der Waals surface area contributed by atoms with E-state index in [1.54, 1.807) is 30.3 Å². The van der Waals surface area contributed by atoms with Crippen molar-refractivity contribution in [2.75, 3.05) is 24.8 Å². The summed E-state index contributed by atoms with van der Waals surface area (Å²) in [7, 11) is 0. The Balaban J connectivity index is 1.84. The molecular weight excluding hydrogens is 459 g/mol. The molecule has 0 saturated carbocycles. The number of allylic oxidation sites excluding steroid dienone is 5. The van der Waals surface area contributed by atoms with Gasteiger partial charge in [-0.1, -0.05) is 6.08 Å². The number of carbonyl (C=O) groups is 3. The van der Waals surface area contributed by atoms with Gasteiger partial charge >= 0.3 is 0 Å². The number of nitrogens with zero attached hydrogens (tertiary/aromatic N) is 1. The normalized spacial score (nSPS) is 17.9. The molecule has 1 aromatic carbocycles. The lowest BCUT2D eigenvalue weighted by atomic mass is 10.1. The molecule has 1 unspecified atom stereocenters. The monoisotopic (exact) mass is 486 g/mol. The molecule has 0 spiro atoms. The van der Waals surface area contributed by atoms with E-state index in [9.17, 15) is 18.8 Å². The van der Waals surface area contributed by atoms with Gasteiger partial charge in [-0.3, -0.25) is 24.2 Å². The summed E-state index contributed by atoms with van der Waals surface area (Å²) in [5, 5.41) is 6.31. The molecule has 1 aliphatic carbocycles. The van der Waals surface area contributed by atoms with Gasteiger partial charge in [-0.25, -0.2) is 15.7 Å². The van der Waals surface area contributed by atoms with Gasteiger partial charge in [-0.05, 0) is 49.4 Å². The molecule has 7 N–H and O–H groups in total. The average Bonchev–Trinajstić information content (AvgIpc) is 3.13. The molecular formula is C23H27FN6O5. The van der Waals surface area contributed by atoms with Crippen LogP contribution in [0.1, 0.15) is 23.7 Å². The Morgan fingerprint density at radius 3 is 2.71 bits per heavy atom. The second-order valence-electron chi connectivity index (χ2n) is 7.51. The van der Waals surface area contributed by atoms with Gasteiger partial charge in [0.2, 0.25) is 0 Å². The SMILES string of the molecule is CCNC(=O)c1ccc(N(N)/C(COC2=CCC(F)=CC=C2)=C(\N)C(=O)NC2CONC2=O)cc1. The van der Waals surface area contributed by atoms with Crippen LogP contribution in [0.4, 0.5) is 10.1 Å². The van der Waals surface area contributed by atoms with E-state index in [0.29, 0.717) is 23.6 Å². The molecule has 1 saturated heterocycles. The predicted octanol–water partition coefficient (Wildman–Crippen LogP) is 0.547. The molecule has 11 nitrogen and oxygen atoms in total. The minimum Gasteiger partial charge on any atom is -0.488 e. The van der Waals surface area contributed by atoms with Crippen molar-refractivity contribution in [3.63, 3.8) is 0 Å². The number of amides is 3. The van der Waals surface area contributed by atoms with Crippen molar-refractivity contribution >= 4 is 23.4 Å². The third-order valence-corrected chi connectivity index (χ3v) is 5.05. The zero-order valence-electron chi connectivity index (χ0n) is 19.0. The van der Waals surface area contributed by atoms with Crippen LogP contribution in [0, 0.1) is 0 Å². The van der Waals surface area contributed by atoms with E-state index in [-0.39, 0.29) is 42.8 Å². The van der Waals surface area contributed by atoms with Crippen LogP contribution in [0.3, 0.4) is 0 Å². The molecule has 1 heterocycles. The Bertz CT molecular complexity index is 1100. The first-order valence-electron chi connectivity index (χ1n) is 10.8. The fourth-order valence-electron chi connectivity index (χ4n) is 3.13. The fourth-order valence-corrected chi connectivity index (χ4v) is 3.13. The third-order valence-electron chi connectivity index (χ3n) is 5.05. The quantitative estimate of drug-likeness (QED) is 0.192. The van der Waals surface area contributed by atoms with Crippen LogP contribution in [0.5, 0.6) is 0 Å². The van der Waals surface area contributed by atoms with Crippen molar-refractivity contribution in [3.8, 4) is 0 Å². The molecule has 2 aliphatic rings. The molecule has 1 fully saturated rings. The van der Waals surface area contributed by atoms with Crippen LogP contribution < -0.4 is 32.7 Å². The van der Waals surface area contributed by atoms with Crippen molar-refractivity contribution in [1.29, 1.82) is 0 Å². The van der Waals surface area contributed by atoms with Crippen LogP contribution in [-0.2, 0) is 19.2 Å². The van der Waals surface area contributed by atoms with E-state index in [1.807, 2.05) is 6.92 Å². The van der Waals surface area contributed by atoms with Gasteiger partial charge in [0.15, 0.2) is 0 Å². The minimum atomic E-state index is -0.924. The maximum absolute atomic E-state index is 13.5. The standard InChI is InChI=1S/C23H27FN6O5/c1-2-27-21(31)14-6-9-16(10-7-14)30(26)19(13-34-17-5-3-4-15(24)8-11-17)20(25)23(33)28-18-12-35-29-22(18)32/h3-7,9-11,18H,2,8,12-13,25-26H2,1H3,(H,27,31)(H,28,33)(H,29,32)/b20-19-. The predicted molar refractivity (Wildman–Crippen MR) is 125 cm³/mol. The van der Waals surface area contributed by atoms with Crippen LogP contribution >= 0.6 is 0 Å². The number of benzene rings is 1. The second kappa shape index (κ2) is 11.8. The van der Waals surface area contributed by atoms with Crippen molar-refractivity contribution in [2.45, 2.75) is 19.4 Å². The Hall–Kier alpha value is -4.16. The number of halogens is 1. The van der Waals surface area contributed by atoms with Gasteiger partial charge < -0.3 is 21.1 Å². The first-order chi connectivity index (χ1) is 16.8. The highest BCUT2D eigenvalue weighted by molar-refractivity contribution is 5.97. The number of hydrogen-bond acceptors (Lipinski definition) is 8. The van der Waals surface area contributed by atoms with E-state index in [2.05, 4.69) is 16.1 Å². The summed E-state index contributed by atoms with van der Waals surface area (Å²) in [5.74, 6) is 4.78. The number of nitrogens with one attached hydrogen (secondary N) is 3. The lowest BCUT2D eigenvalue weighted by molar-refractivity contribution is -0.127. The molecule has 1 atom stereocenters. The van der Waals surface area contributed by atoms with Crippen molar-refractivity contribution in [2.24, 2.45) is 11.6 Å². The second-order valence-corrected chi connectivity index (χ2v) is 7.51. The van der Waals surface area contributed by atoms with E-state index in [1.165, 1.54) is 18.2 Å². The van der Waals surface area contributed by atoms with Crippen LogP contribution in [0.25, 0.3) is 0 Å². The molecule has 1 aliphatic heterocycles. The molecule has 12 heteroatoms. The summed E-state index contributed by atoms with van der Waals surface area (Å²) in [6, 6.07) is 5.38. The van der Waals surface area contributed by atoms with Gasteiger partial charge in [0.1, 0.15) is 42.2 Å². The minimum absolute atomic E-state index is 0.0434. The summed E-state index contributed by atoms with van der Waals surface area (Å²) >= 11 is 0. The summed E-state index contributed by atoms with van der Waals surface area (Å²) in [6.45, 7) is 1.98. The van der Waals surface area contributed by atoms with E-state index >= 15 is 0 Å². The number of rotatable bonds is 9. The first kappa shape index (κ1) is 25.5. The fraction of sp³-hybridized carbons (Fsp3) is 0.261. The topological polar surface area (TPSA) is 161 Å². The molecule has 1 aromatic rings. The largest absolute Gasteiger partial charge is 0.488 e. The van der Waals surface area contributed by atoms with Crippen molar-refractivity contribution in [1.82, 2.24) is 16.1 Å². The highest BCUT2D eigenvalue weighted by Gasteiger charge is 2.29. The van der Waals surface area contributed by atoms with Crippen molar-refractivity contribution < 1.29 is 28.3 Å². The maximum atomic E-state index is 13.5. The van der Waals surface area contributed by atoms with Crippen molar-refractivity contribution in [3.05, 3.63) is 77.1 Å². The number of hydroxylamine groups is 1. The number of nitrogens with two attached hydrogens (primary N) is 2. The average molecular weight is 487 g/mol. The van der Waals surface area contributed by atoms with E-state index in [0.717, 1.165) is 5.01 Å². The highest BCUT2D eigenvalue weighted by atomic mass is 19.1. The number of anilines is 1. The van der Waals surface area contributed by atoms with Crippen LogP contribution in [0.15, 0.2) is 71.5 Å². The lowest BCUT2D eigenvalue weighted by Crippen LogP contribution is -2.45. The smallest absolute Gasteiger partial charge is 0.269 e. The zero-order valence-corrected chi connectivity index (χ0v) is 19.0. The molecule has 3 rings (SSSR count). The van der Waals surface area contributed by atoms with Gasteiger partial charge in [0.25, 0.3) is 17.7 Å². The molecule has 0 bridgehead atoms. The highest BCUT2D eigenvalue weighted by Crippen LogP contribution is 2.20. The maximum Gasteiger partial charge on any atom is 0.269 e. The van der Waals surface area contributed by atoms with Crippen LogP contribution in [-0.4, -0.2) is 43.5 Å². The number of hydrazine groups is 1. The number of ether oxygens (including phenoxy) is 1. The first-order valence-corrected chi connectivity index (χ1v) is 10.8. The summed E-state index contributed by atoms with van der Waals surface area (Å²) in [4.78, 5) is 41.4.